The van der Waals surface area contributed by atoms with Gasteiger partial charge in [0.05, 0.1) is 30.9 Å². The Morgan fingerprint density at radius 1 is 1.22 bits per heavy atom. The van der Waals surface area contributed by atoms with Crippen molar-refractivity contribution in [3.63, 3.8) is 0 Å². The molecule has 0 spiro atoms. The molecule has 2 N–H and O–H groups in total. The van der Waals surface area contributed by atoms with Crippen LogP contribution in [0.5, 0.6) is 0 Å². The maximum atomic E-state index is 12.4. The van der Waals surface area contributed by atoms with E-state index < -0.39 is 0 Å². The van der Waals surface area contributed by atoms with Gasteiger partial charge in [-0.25, -0.2) is 4.79 Å². The number of nitriles is 1. The maximum absolute atomic E-state index is 12.4. The molecule has 148 valence electrons. The molecule has 0 bridgehead atoms. The van der Waals surface area contributed by atoms with Crippen molar-refractivity contribution >= 4 is 6.03 Å². The Morgan fingerprint density at radius 3 is 2.41 bits per heavy atom. The van der Waals surface area contributed by atoms with Crippen LogP contribution in [0.25, 0.3) is 0 Å². The van der Waals surface area contributed by atoms with E-state index in [1.807, 2.05) is 19.1 Å². The lowest BCUT2D eigenvalue weighted by Gasteiger charge is -2.38. The van der Waals surface area contributed by atoms with E-state index in [-0.39, 0.29) is 12.1 Å². The van der Waals surface area contributed by atoms with Gasteiger partial charge in [0.25, 0.3) is 0 Å². The summed E-state index contributed by atoms with van der Waals surface area (Å²) in [6, 6.07) is 9.47. The highest BCUT2D eigenvalue weighted by molar-refractivity contribution is 5.74. The van der Waals surface area contributed by atoms with Gasteiger partial charge in [0, 0.05) is 25.7 Å². The fourth-order valence-electron chi connectivity index (χ4n) is 3.71. The first-order valence-electron chi connectivity index (χ1n) is 9.95. The first-order valence-corrected chi connectivity index (χ1v) is 9.95. The third kappa shape index (κ3) is 6.23. The number of nitrogens with one attached hydrogen (secondary N) is 2. The molecule has 1 fully saturated rings. The van der Waals surface area contributed by atoms with Crippen LogP contribution < -0.4 is 10.6 Å². The van der Waals surface area contributed by atoms with Crippen molar-refractivity contribution in [2.45, 2.75) is 45.7 Å². The lowest BCUT2D eigenvalue weighted by molar-refractivity contribution is 0.00236. The number of carbonyl (C=O) groups is 1. The average Bonchev–Trinajstić information content (AvgIpc) is 2.71. The van der Waals surface area contributed by atoms with E-state index in [0.29, 0.717) is 24.1 Å². The van der Waals surface area contributed by atoms with Crippen LogP contribution in [0.15, 0.2) is 24.3 Å². The first kappa shape index (κ1) is 21.2. The average molecular weight is 373 g/mol. The molecule has 0 aliphatic carbocycles. The third-order valence-electron chi connectivity index (χ3n) is 5.47. The number of amides is 2. The zero-order valence-corrected chi connectivity index (χ0v) is 16.7. The lowest BCUT2D eigenvalue weighted by Crippen LogP contribution is -2.53. The van der Waals surface area contributed by atoms with Gasteiger partial charge in [0.2, 0.25) is 0 Å². The van der Waals surface area contributed by atoms with Gasteiger partial charge in [-0.05, 0) is 30.5 Å². The number of rotatable bonds is 8. The Kier molecular flexibility index (Phi) is 8.56. The number of hydrogen-bond donors (Lipinski definition) is 2. The monoisotopic (exact) mass is 372 g/mol. The highest BCUT2D eigenvalue weighted by Crippen LogP contribution is 2.19. The van der Waals surface area contributed by atoms with Gasteiger partial charge in [-0.3, -0.25) is 4.90 Å². The number of hydrogen-bond acceptors (Lipinski definition) is 4. The largest absolute Gasteiger partial charge is 0.379 e. The number of carbonyl (C=O) groups excluding carboxylic acids is 1. The van der Waals surface area contributed by atoms with Crippen LogP contribution in [-0.2, 0) is 4.74 Å². The van der Waals surface area contributed by atoms with Gasteiger partial charge in [0.1, 0.15) is 0 Å². The van der Waals surface area contributed by atoms with E-state index in [9.17, 15) is 4.79 Å². The minimum absolute atomic E-state index is 0.118. The summed E-state index contributed by atoms with van der Waals surface area (Å²) in [4.78, 5) is 14.9. The van der Waals surface area contributed by atoms with Gasteiger partial charge >= 0.3 is 6.03 Å². The molecule has 1 aromatic rings. The molecule has 0 aromatic heterocycles. The summed E-state index contributed by atoms with van der Waals surface area (Å²) in [5.41, 5.74) is 1.60. The summed E-state index contributed by atoms with van der Waals surface area (Å²) >= 11 is 0. The summed E-state index contributed by atoms with van der Waals surface area (Å²) in [6.45, 7) is 10.4. The normalized spacial score (nSPS) is 17.1. The number of benzene rings is 1. The summed E-state index contributed by atoms with van der Waals surface area (Å²) in [6.07, 6.45) is 2.20. The smallest absolute Gasteiger partial charge is 0.315 e. The Balaban J connectivity index is 1.90. The predicted octanol–water partition coefficient (Wildman–Crippen LogP) is 3.06. The fraction of sp³-hybridized carbons (Fsp3) is 0.619. The van der Waals surface area contributed by atoms with Crippen molar-refractivity contribution < 1.29 is 9.53 Å². The van der Waals surface area contributed by atoms with Crippen LogP contribution in [0, 0.1) is 17.2 Å². The Bertz CT molecular complexity index is 616. The number of ether oxygens (including phenoxy) is 1. The minimum Gasteiger partial charge on any atom is -0.379 e. The summed E-state index contributed by atoms with van der Waals surface area (Å²) < 4.78 is 5.48. The molecule has 2 amide bonds. The zero-order chi connectivity index (χ0) is 19.6. The molecule has 27 heavy (non-hydrogen) atoms. The van der Waals surface area contributed by atoms with E-state index in [0.717, 1.165) is 44.7 Å². The number of nitrogens with zero attached hydrogens (tertiary/aromatic N) is 2. The van der Waals surface area contributed by atoms with Crippen molar-refractivity contribution in [1.82, 2.24) is 15.5 Å². The zero-order valence-electron chi connectivity index (χ0n) is 16.7. The van der Waals surface area contributed by atoms with E-state index >= 15 is 0 Å². The summed E-state index contributed by atoms with van der Waals surface area (Å²) in [7, 11) is 0. The van der Waals surface area contributed by atoms with Crippen LogP contribution in [0.1, 0.15) is 50.8 Å². The molecule has 1 aliphatic rings. The quantitative estimate of drug-likeness (QED) is 0.735. The first-order chi connectivity index (χ1) is 13.1. The van der Waals surface area contributed by atoms with Crippen molar-refractivity contribution in [1.29, 1.82) is 5.26 Å². The van der Waals surface area contributed by atoms with Crippen molar-refractivity contribution in [3.8, 4) is 6.07 Å². The minimum atomic E-state index is -0.156. The van der Waals surface area contributed by atoms with E-state index in [1.54, 1.807) is 12.1 Å². The molecule has 0 radical (unpaired) electrons. The lowest BCUT2D eigenvalue weighted by atomic mass is 9.92. The van der Waals surface area contributed by atoms with Crippen molar-refractivity contribution in [2.75, 3.05) is 32.8 Å². The topological polar surface area (TPSA) is 77.4 Å². The molecule has 2 atom stereocenters. The predicted molar refractivity (Wildman–Crippen MR) is 106 cm³/mol. The fourth-order valence-corrected chi connectivity index (χ4v) is 3.71. The van der Waals surface area contributed by atoms with Crippen LogP contribution in [0.2, 0.25) is 0 Å². The number of morpholine rings is 1. The Morgan fingerprint density at radius 2 is 1.85 bits per heavy atom. The maximum Gasteiger partial charge on any atom is 0.315 e. The molecule has 0 saturated carbocycles. The SMILES string of the molecule is CCC(CC)[C@@H](CNC(=O)N[C@@H](C)c1ccc(C#N)cc1)N1CCOCC1. The highest BCUT2D eigenvalue weighted by Gasteiger charge is 2.27. The molecule has 0 unspecified atom stereocenters. The van der Waals surface area contributed by atoms with Crippen molar-refractivity contribution in [3.05, 3.63) is 35.4 Å². The molecule has 1 heterocycles. The highest BCUT2D eigenvalue weighted by atomic mass is 16.5. The van der Waals surface area contributed by atoms with Crippen LogP contribution in [0.4, 0.5) is 4.79 Å². The summed E-state index contributed by atoms with van der Waals surface area (Å²) in [5.74, 6) is 0.555. The van der Waals surface area contributed by atoms with Gasteiger partial charge < -0.3 is 15.4 Å². The van der Waals surface area contributed by atoms with Crippen LogP contribution >= 0.6 is 0 Å². The van der Waals surface area contributed by atoms with Crippen LogP contribution in [0.3, 0.4) is 0 Å². The summed E-state index contributed by atoms with van der Waals surface area (Å²) in [5, 5.41) is 14.9. The second-order valence-corrected chi connectivity index (χ2v) is 7.10. The Hall–Kier alpha value is -2.10. The molecule has 1 aromatic carbocycles. The molecular weight excluding hydrogens is 340 g/mol. The van der Waals surface area contributed by atoms with E-state index in [1.165, 1.54) is 0 Å². The molecule has 6 nitrogen and oxygen atoms in total. The molecule has 1 saturated heterocycles. The number of urea groups is 1. The van der Waals surface area contributed by atoms with Gasteiger partial charge in [0.15, 0.2) is 0 Å². The molecular formula is C21H32N4O2. The molecule has 2 rings (SSSR count). The van der Waals surface area contributed by atoms with Crippen molar-refractivity contribution in [2.24, 2.45) is 5.92 Å². The van der Waals surface area contributed by atoms with E-state index in [4.69, 9.17) is 10.00 Å². The van der Waals surface area contributed by atoms with Gasteiger partial charge in [-0.1, -0.05) is 38.8 Å². The third-order valence-corrected chi connectivity index (χ3v) is 5.47. The van der Waals surface area contributed by atoms with Gasteiger partial charge in [-0.15, -0.1) is 0 Å². The Labute approximate surface area is 162 Å². The van der Waals surface area contributed by atoms with Gasteiger partial charge in [-0.2, -0.15) is 5.26 Å². The molecule has 1 aliphatic heterocycles. The molecule has 6 heteroatoms. The second-order valence-electron chi connectivity index (χ2n) is 7.10. The van der Waals surface area contributed by atoms with Crippen LogP contribution in [-0.4, -0.2) is 49.8 Å². The van der Waals surface area contributed by atoms with E-state index in [2.05, 4.69) is 35.5 Å². The second kappa shape index (κ2) is 10.9. The standard InChI is InChI=1S/C21H32N4O2/c1-4-18(5-2)20(25-10-12-27-13-11-25)15-23-21(26)24-16(3)19-8-6-17(14-22)7-9-19/h6-9,16,18,20H,4-5,10-13,15H2,1-3H3,(H2,23,24,26)/t16-,20+/m0/s1.